The number of carbonyl (C=O) groups is 1. The lowest BCUT2D eigenvalue weighted by Gasteiger charge is -2.37. The van der Waals surface area contributed by atoms with Crippen LogP contribution in [0.3, 0.4) is 0 Å². The van der Waals surface area contributed by atoms with Gasteiger partial charge in [-0.15, -0.1) is 11.3 Å². The molecule has 0 bridgehead atoms. The third kappa shape index (κ3) is 4.69. The van der Waals surface area contributed by atoms with Crippen molar-refractivity contribution >= 4 is 60.5 Å². The molecule has 2 aliphatic heterocycles. The number of aromatic nitrogens is 3. The highest BCUT2D eigenvalue weighted by atomic mass is 32.1. The number of thiazole rings is 1. The van der Waals surface area contributed by atoms with Gasteiger partial charge >= 0.3 is 4.87 Å². The zero-order valence-corrected chi connectivity index (χ0v) is 24.4. The molecule has 1 amide bonds. The molecule has 1 aliphatic carbocycles. The number of fused-ring (bicyclic) bond motifs is 5. The minimum atomic E-state index is -0.0642. The molecular weight excluding hydrogens is 573 g/mol. The Morgan fingerprint density at radius 1 is 1.05 bits per heavy atom. The Balaban J connectivity index is 0.938. The average Bonchev–Trinajstić information content (AvgIpc) is 3.72. The lowest BCUT2D eigenvalue weighted by atomic mass is 9.86. The van der Waals surface area contributed by atoms with Crippen LogP contribution in [0.25, 0.3) is 20.4 Å². The van der Waals surface area contributed by atoms with Gasteiger partial charge in [-0.3, -0.25) is 14.5 Å². The monoisotopic (exact) mass is 600 g/mol. The predicted molar refractivity (Wildman–Crippen MR) is 163 cm³/mol. The van der Waals surface area contributed by atoms with Gasteiger partial charge in [-0.2, -0.15) is 0 Å². The fourth-order valence-electron chi connectivity index (χ4n) is 6.26. The van der Waals surface area contributed by atoms with Gasteiger partial charge in [0.25, 0.3) is 0 Å². The number of nitrogens with zero attached hydrogens (tertiary/aromatic N) is 4. The number of amides is 1. The van der Waals surface area contributed by atoms with Crippen molar-refractivity contribution in [1.82, 2.24) is 24.8 Å². The van der Waals surface area contributed by atoms with Gasteiger partial charge in [0.15, 0.2) is 11.5 Å². The smallest absolute Gasteiger partial charge is 0.305 e. The summed E-state index contributed by atoms with van der Waals surface area (Å²) in [6, 6.07) is 11.9. The quantitative estimate of drug-likeness (QED) is 0.303. The summed E-state index contributed by atoms with van der Waals surface area (Å²) in [7, 11) is 0. The summed E-state index contributed by atoms with van der Waals surface area (Å²) in [4.78, 5) is 43.9. The van der Waals surface area contributed by atoms with Crippen LogP contribution in [0.2, 0.25) is 0 Å². The summed E-state index contributed by atoms with van der Waals surface area (Å²) in [5.74, 6) is 2.64. The number of carbonyl (C=O) groups excluding carboxylic acids is 1. The first-order chi connectivity index (χ1) is 20.6. The van der Waals surface area contributed by atoms with Crippen molar-refractivity contribution in [3.05, 3.63) is 68.4 Å². The number of anilines is 2. The molecule has 0 spiro atoms. The normalized spacial score (nSPS) is 18.5. The maximum Gasteiger partial charge on any atom is 0.305 e. The van der Waals surface area contributed by atoms with Crippen LogP contribution in [0.5, 0.6) is 11.5 Å². The van der Waals surface area contributed by atoms with Crippen molar-refractivity contribution in [3.63, 3.8) is 0 Å². The summed E-state index contributed by atoms with van der Waals surface area (Å²) in [5, 5.41) is 4.50. The minimum absolute atomic E-state index is 0.00545. The van der Waals surface area contributed by atoms with E-state index in [1.54, 1.807) is 17.7 Å². The minimum Gasteiger partial charge on any atom is -0.454 e. The molecule has 5 heterocycles. The molecule has 2 N–H and O–H groups in total. The second kappa shape index (κ2) is 10.4. The third-order valence-electron chi connectivity index (χ3n) is 8.41. The molecule has 10 nitrogen and oxygen atoms in total. The lowest BCUT2D eigenvalue weighted by molar-refractivity contribution is -0.137. The first kappa shape index (κ1) is 25.7. The summed E-state index contributed by atoms with van der Waals surface area (Å²) in [6.07, 6.45) is 3.99. The predicted octanol–water partition coefficient (Wildman–Crippen LogP) is 4.52. The molecule has 214 valence electrons. The molecule has 8 rings (SSSR count). The molecule has 2 aromatic carbocycles. The molecule has 1 fully saturated rings. The van der Waals surface area contributed by atoms with Gasteiger partial charge in [0.05, 0.1) is 15.6 Å². The second-order valence-corrected chi connectivity index (χ2v) is 13.1. The van der Waals surface area contributed by atoms with Crippen LogP contribution < -0.4 is 19.7 Å². The van der Waals surface area contributed by atoms with E-state index >= 15 is 0 Å². The van der Waals surface area contributed by atoms with E-state index < -0.39 is 0 Å². The number of ether oxygens (including phenoxy) is 2. The number of piperazine rings is 1. The van der Waals surface area contributed by atoms with Crippen LogP contribution in [-0.2, 0) is 24.2 Å². The number of nitrogens with one attached hydrogen (secondary N) is 2. The van der Waals surface area contributed by atoms with Crippen molar-refractivity contribution in [2.24, 2.45) is 5.92 Å². The van der Waals surface area contributed by atoms with Crippen LogP contribution in [0.15, 0.2) is 47.5 Å². The fraction of sp³-hybridized carbons (Fsp3) is 0.333. The molecule has 3 aliphatic rings. The van der Waals surface area contributed by atoms with Crippen molar-refractivity contribution in [1.29, 1.82) is 0 Å². The van der Waals surface area contributed by atoms with Crippen LogP contribution in [0.1, 0.15) is 22.4 Å². The van der Waals surface area contributed by atoms with Gasteiger partial charge in [0, 0.05) is 49.2 Å². The van der Waals surface area contributed by atoms with Gasteiger partial charge in [-0.25, -0.2) is 9.97 Å². The number of rotatable bonds is 5. The third-order valence-corrected chi connectivity index (χ3v) is 10.4. The van der Waals surface area contributed by atoms with Gasteiger partial charge in [-0.05, 0) is 60.7 Å². The summed E-state index contributed by atoms with van der Waals surface area (Å²) >= 11 is 2.87. The van der Waals surface area contributed by atoms with Crippen LogP contribution in [-0.4, -0.2) is 63.6 Å². The number of benzene rings is 2. The van der Waals surface area contributed by atoms with Crippen molar-refractivity contribution in [3.8, 4) is 11.5 Å². The summed E-state index contributed by atoms with van der Waals surface area (Å²) in [5.41, 5.74) is 4.16. The maximum absolute atomic E-state index is 13.6. The first-order valence-corrected chi connectivity index (χ1v) is 15.8. The van der Waals surface area contributed by atoms with Gasteiger partial charge in [0.1, 0.15) is 17.0 Å². The van der Waals surface area contributed by atoms with E-state index in [-0.39, 0.29) is 23.5 Å². The highest BCUT2D eigenvalue weighted by molar-refractivity contribution is 7.19. The van der Waals surface area contributed by atoms with E-state index in [1.165, 1.54) is 27.3 Å². The Bertz CT molecular complexity index is 1890. The average molecular weight is 601 g/mol. The SMILES string of the molecule is O=C(C1CCc2c(sc3ncnc(Nc4ccc5[nH]c(=O)sc5c4)c23)C1)N1CCN(Cc2ccc3c(c2)OCO3)CC1. The molecule has 3 aromatic heterocycles. The van der Waals surface area contributed by atoms with Crippen LogP contribution in [0.4, 0.5) is 11.5 Å². The Morgan fingerprint density at radius 2 is 1.93 bits per heavy atom. The lowest BCUT2D eigenvalue weighted by Crippen LogP contribution is -2.50. The number of hydrogen-bond donors (Lipinski definition) is 2. The summed E-state index contributed by atoms with van der Waals surface area (Å²) in [6.45, 7) is 4.33. The van der Waals surface area contributed by atoms with Gasteiger partial charge in [-0.1, -0.05) is 17.4 Å². The van der Waals surface area contributed by atoms with Crippen molar-refractivity contribution in [2.45, 2.75) is 25.8 Å². The fourth-order valence-corrected chi connectivity index (χ4v) is 8.30. The van der Waals surface area contributed by atoms with Crippen molar-refractivity contribution < 1.29 is 14.3 Å². The van der Waals surface area contributed by atoms with Gasteiger partial charge < -0.3 is 24.7 Å². The highest BCUT2D eigenvalue weighted by Gasteiger charge is 2.33. The van der Waals surface area contributed by atoms with Crippen molar-refractivity contribution in [2.75, 3.05) is 38.3 Å². The van der Waals surface area contributed by atoms with E-state index in [9.17, 15) is 9.59 Å². The zero-order valence-electron chi connectivity index (χ0n) is 22.7. The number of aromatic amines is 1. The van der Waals surface area contributed by atoms with Gasteiger partial charge in [0.2, 0.25) is 12.7 Å². The molecule has 5 aromatic rings. The molecular formula is C30H28N6O4S2. The molecule has 0 saturated carbocycles. The van der Waals surface area contributed by atoms with E-state index in [4.69, 9.17) is 9.47 Å². The molecule has 12 heteroatoms. The topological polar surface area (TPSA) is 113 Å². The van der Waals surface area contributed by atoms with E-state index in [0.717, 1.165) is 95.4 Å². The molecule has 0 radical (unpaired) electrons. The number of aryl methyl sites for hydroxylation is 1. The largest absolute Gasteiger partial charge is 0.454 e. The van der Waals surface area contributed by atoms with Crippen LogP contribution >= 0.6 is 22.7 Å². The number of hydrogen-bond acceptors (Lipinski definition) is 10. The molecule has 1 atom stereocenters. The zero-order chi connectivity index (χ0) is 28.2. The Hall–Kier alpha value is -4.00. The highest BCUT2D eigenvalue weighted by Crippen LogP contribution is 2.41. The van der Waals surface area contributed by atoms with E-state index in [1.807, 2.05) is 24.3 Å². The first-order valence-electron chi connectivity index (χ1n) is 14.1. The summed E-state index contributed by atoms with van der Waals surface area (Å²) < 4.78 is 11.8. The number of H-pyrrole nitrogens is 1. The molecule has 42 heavy (non-hydrogen) atoms. The van der Waals surface area contributed by atoms with E-state index in [2.05, 4.69) is 42.2 Å². The maximum atomic E-state index is 13.6. The van der Waals surface area contributed by atoms with Crippen LogP contribution in [0, 0.1) is 5.92 Å². The standard InChI is InChI=1S/C30H28N6O4S2/c37-29(36-9-7-35(8-10-36)14-17-1-6-22-23(11-17)40-16-39-22)18-2-4-20-24(12-18)41-28-26(20)27(31-15-32-28)33-19-3-5-21-25(13-19)42-30(38)34-21/h1,3,5-6,11,13,15,18H,2,4,7-10,12,14,16H2,(H,34,38)(H,31,32,33). The Labute approximate surface area is 248 Å². The Morgan fingerprint density at radius 3 is 2.83 bits per heavy atom. The number of thiophene rings is 1. The molecule has 1 unspecified atom stereocenters. The molecule has 1 saturated heterocycles. The Kier molecular flexibility index (Phi) is 6.34. The van der Waals surface area contributed by atoms with E-state index in [0.29, 0.717) is 0 Å². The second-order valence-electron chi connectivity index (χ2n) is 11.0.